The summed E-state index contributed by atoms with van der Waals surface area (Å²) in [4.78, 5) is 49.7. The summed E-state index contributed by atoms with van der Waals surface area (Å²) >= 11 is 0. The first-order chi connectivity index (χ1) is 11.4. The zero-order valence-electron chi connectivity index (χ0n) is 13.6. The maximum atomic E-state index is 12.7. The smallest absolute Gasteiger partial charge is 0.174 e. The van der Waals surface area contributed by atoms with Crippen molar-refractivity contribution in [3.8, 4) is 0 Å². The molecule has 2 aromatic rings. The number of ketones is 4. The number of carbonyl (C=O) groups excluding carboxylic acids is 4. The number of hydrogen-bond acceptors (Lipinski definition) is 4. The van der Waals surface area contributed by atoms with Crippen LogP contribution in [-0.4, -0.2) is 23.1 Å². The molecule has 0 amide bonds. The lowest BCUT2D eigenvalue weighted by atomic mass is 9.77. The van der Waals surface area contributed by atoms with E-state index in [0.29, 0.717) is 11.1 Å². The van der Waals surface area contributed by atoms with E-state index in [0.717, 1.165) is 0 Å². The molecule has 2 atom stereocenters. The van der Waals surface area contributed by atoms with Gasteiger partial charge in [-0.25, -0.2) is 0 Å². The lowest BCUT2D eigenvalue weighted by Crippen LogP contribution is -2.39. The molecule has 0 unspecified atom stereocenters. The van der Waals surface area contributed by atoms with Crippen molar-refractivity contribution < 1.29 is 19.2 Å². The average molecular weight is 322 g/mol. The van der Waals surface area contributed by atoms with Crippen molar-refractivity contribution in [2.75, 3.05) is 0 Å². The van der Waals surface area contributed by atoms with Crippen LogP contribution in [0.25, 0.3) is 0 Å². The normalized spacial score (nSPS) is 12.9. The fourth-order valence-corrected chi connectivity index (χ4v) is 2.71. The summed E-state index contributed by atoms with van der Waals surface area (Å²) in [5.41, 5.74) is 0.620. The minimum absolute atomic E-state index is 0.310. The molecule has 0 radical (unpaired) electrons. The Morgan fingerprint density at radius 3 is 1.12 bits per heavy atom. The quantitative estimate of drug-likeness (QED) is 0.580. The molecule has 0 aliphatic rings. The van der Waals surface area contributed by atoms with Crippen LogP contribution in [0.15, 0.2) is 60.7 Å². The van der Waals surface area contributed by atoms with Gasteiger partial charge in [-0.3, -0.25) is 19.2 Å². The Labute approximate surface area is 140 Å². The van der Waals surface area contributed by atoms with Crippen molar-refractivity contribution in [2.24, 2.45) is 11.8 Å². The summed E-state index contributed by atoms with van der Waals surface area (Å²) in [6, 6.07) is 16.5. The third-order valence-electron chi connectivity index (χ3n) is 3.89. The molecule has 0 aliphatic heterocycles. The van der Waals surface area contributed by atoms with E-state index in [1.54, 1.807) is 60.7 Å². The molecule has 0 N–H and O–H groups in total. The molecule has 4 nitrogen and oxygen atoms in total. The monoisotopic (exact) mass is 322 g/mol. The van der Waals surface area contributed by atoms with Crippen LogP contribution in [0.3, 0.4) is 0 Å². The number of hydrogen-bond donors (Lipinski definition) is 0. The lowest BCUT2D eigenvalue weighted by Gasteiger charge is -2.21. The van der Waals surface area contributed by atoms with Crippen LogP contribution in [0, 0.1) is 11.8 Å². The van der Waals surface area contributed by atoms with Gasteiger partial charge in [-0.05, 0) is 13.8 Å². The third kappa shape index (κ3) is 3.71. The van der Waals surface area contributed by atoms with Crippen LogP contribution in [0.5, 0.6) is 0 Å². The van der Waals surface area contributed by atoms with Gasteiger partial charge in [0, 0.05) is 11.1 Å². The van der Waals surface area contributed by atoms with E-state index < -0.39 is 35.0 Å². The first-order valence-electron chi connectivity index (χ1n) is 7.63. The molecule has 2 aromatic carbocycles. The van der Waals surface area contributed by atoms with E-state index in [-0.39, 0.29) is 0 Å². The molecule has 2 rings (SSSR count). The lowest BCUT2D eigenvalue weighted by molar-refractivity contribution is -0.127. The molecule has 122 valence electrons. The first kappa shape index (κ1) is 17.5. The Balaban J connectivity index is 2.46. The van der Waals surface area contributed by atoms with Gasteiger partial charge < -0.3 is 0 Å². The Bertz CT molecular complexity index is 695. The highest BCUT2D eigenvalue weighted by atomic mass is 16.2. The summed E-state index contributed by atoms with van der Waals surface area (Å²) in [5, 5.41) is 0. The third-order valence-corrected chi connectivity index (χ3v) is 3.89. The van der Waals surface area contributed by atoms with Crippen LogP contribution >= 0.6 is 0 Å². The van der Waals surface area contributed by atoms with Crippen LogP contribution in [0.4, 0.5) is 0 Å². The molecule has 24 heavy (non-hydrogen) atoms. The Hall–Kier alpha value is -2.88. The summed E-state index contributed by atoms with van der Waals surface area (Å²) < 4.78 is 0. The fraction of sp³-hybridized carbons (Fsp3) is 0.200. The summed E-state index contributed by atoms with van der Waals surface area (Å²) in [6.45, 7) is 2.47. The first-order valence-corrected chi connectivity index (χ1v) is 7.63. The van der Waals surface area contributed by atoms with Crippen LogP contribution in [0.1, 0.15) is 34.6 Å². The average Bonchev–Trinajstić information content (AvgIpc) is 2.59. The topological polar surface area (TPSA) is 68.3 Å². The van der Waals surface area contributed by atoms with Gasteiger partial charge in [0.25, 0.3) is 0 Å². The van der Waals surface area contributed by atoms with E-state index in [4.69, 9.17) is 0 Å². The maximum Gasteiger partial charge on any atom is 0.174 e. The predicted octanol–water partition coefficient (Wildman–Crippen LogP) is 3.16. The predicted molar refractivity (Wildman–Crippen MR) is 89.9 cm³/mol. The molecule has 0 aromatic heterocycles. The Morgan fingerprint density at radius 1 is 0.583 bits per heavy atom. The van der Waals surface area contributed by atoms with Gasteiger partial charge >= 0.3 is 0 Å². The highest BCUT2D eigenvalue weighted by molar-refractivity contribution is 6.20. The molecule has 0 fully saturated rings. The van der Waals surface area contributed by atoms with Gasteiger partial charge in [0.15, 0.2) is 11.6 Å². The summed E-state index contributed by atoms with van der Waals surface area (Å²) in [5.74, 6) is -4.61. The number of rotatable bonds is 7. The summed E-state index contributed by atoms with van der Waals surface area (Å²) in [7, 11) is 0. The number of carbonyl (C=O) groups is 4. The number of Topliss-reactive ketones (excluding diaryl/α,β-unsaturated/α-hetero) is 4. The zero-order valence-corrected chi connectivity index (χ0v) is 13.6. The molecule has 0 heterocycles. The second-order valence-corrected chi connectivity index (χ2v) is 5.64. The van der Waals surface area contributed by atoms with Gasteiger partial charge in [-0.15, -0.1) is 0 Å². The molecular weight excluding hydrogens is 304 g/mol. The van der Waals surface area contributed by atoms with Gasteiger partial charge in [-0.2, -0.15) is 0 Å². The minimum atomic E-state index is -1.31. The molecular formula is C20H18O4. The SMILES string of the molecule is CC(=O)[C@H](C(=O)c1ccccc1)[C@@H](C(C)=O)C(=O)c1ccccc1. The van der Waals surface area contributed by atoms with Crippen molar-refractivity contribution >= 4 is 23.1 Å². The number of benzene rings is 2. The van der Waals surface area contributed by atoms with Crippen LogP contribution in [-0.2, 0) is 9.59 Å². The molecule has 0 bridgehead atoms. The van der Waals surface area contributed by atoms with Crippen molar-refractivity contribution in [1.29, 1.82) is 0 Å². The highest BCUT2D eigenvalue weighted by Gasteiger charge is 2.40. The van der Waals surface area contributed by atoms with E-state index in [1.165, 1.54) is 13.8 Å². The Kier molecular flexibility index (Phi) is 5.53. The molecule has 0 spiro atoms. The minimum Gasteiger partial charge on any atom is -0.299 e. The van der Waals surface area contributed by atoms with Crippen molar-refractivity contribution in [2.45, 2.75) is 13.8 Å². The molecule has 0 aliphatic carbocycles. The standard InChI is InChI=1S/C20H18O4/c1-13(21)17(19(23)15-9-5-3-6-10-15)18(14(2)22)20(24)16-11-7-4-8-12-16/h3-12,17-18H,1-2H3/t17-,18+. The largest absolute Gasteiger partial charge is 0.299 e. The van der Waals surface area contributed by atoms with Gasteiger partial charge in [0.1, 0.15) is 11.6 Å². The molecule has 4 heteroatoms. The van der Waals surface area contributed by atoms with E-state index in [1.807, 2.05) is 0 Å². The maximum absolute atomic E-state index is 12.7. The molecule has 0 saturated heterocycles. The van der Waals surface area contributed by atoms with Crippen LogP contribution < -0.4 is 0 Å². The van der Waals surface area contributed by atoms with Crippen molar-refractivity contribution in [1.82, 2.24) is 0 Å². The van der Waals surface area contributed by atoms with E-state index >= 15 is 0 Å². The van der Waals surface area contributed by atoms with Crippen molar-refractivity contribution in [3.05, 3.63) is 71.8 Å². The highest BCUT2D eigenvalue weighted by Crippen LogP contribution is 2.24. The fourth-order valence-electron chi connectivity index (χ4n) is 2.71. The second kappa shape index (κ2) is 7.59. The van der Waals surface area contributed by atoms with Crippen LogP contribution in [0.2, 0.25) is 0 Å². The summed E-state index contributed by atoms with van der Waals surface area (Å²) in [6.07, 6.45) is 0. The van der Waals surface area contributed by atoms with E-state index in [9.17, 15) is 19.2 Å². The Morgan fingerprint density at radius 2 is 0.875 bits per heavy atom. The van der Waals surface area contributed by atoms with Gasteiger partial charge in [0.05, 0.1) is 11.8 Å². The zero-order chi connectivity index (χ0) is 17.7. The van der Waals surface area contributed by atoms with E-state index in [2.05, 4.69) is 0 Å². The van der Waals surface area contributed by atoms with Crippen molar-refractivity contribution in [3.63, 3.8) is 0 Å². The van der Waals surface area contributed by atoms with Gasteiger partial charge in [0.2, 0.25) is 0 Å². The second-order valence-electron chi connectivity index (χ2n) is 5.64. The molecule has 0 saturated carbocycles. The van der Waals surface area contributed by atoms with Gasteiger partial charge in [-0.1, -0.05) is 60.7 Å².